The molecule has 19 heavy (non-hydrogen) atoms. The maximum Gasteiger partial charge on any atom is 0.127 e. The third-order valence-electron chi connectivity index (χ3n) is 2.67. The molecule has 2 rings (SSSR count). The van der Waals surface area contributed by atoms with E-state index in [1.54, 1.807) is 24.3 Å². The first-order chi connectivity index (χ1) is 9.31. The van der Waals surface area contributed by atoms with Gasteiger partial charge >= 0.3 is 0 Å². The van der Waals surface area contributed by atoms with E-state index in [1.807, 2.05) is 24.3 Å². The zero-order valence-corrected chi connectivity index (χ0v) is 10.3. The Hall–Kier alpha value is -2.78. The second-order valence-corrected chi connectivity index (χ2v) is 4.04. The minimum absolute atomic E-state index is 0.524. The fraction of sp³-hybridized carbons (Fsp3) is 0.125. The number of rotatable bonds is 4. The largest absolute Gasteiger partial charge is 0.457 e. The molecule has 0 spiro atoms. The van der Waals surface area contributed by atoms with Gasteiger partial charge in [-0.25, -0.2) is 0 Å². The van der Waals surface area contributed by atoms with Gasteiger partial charge < -0.3 is 4.74 Å². The van der Waals surface area contributed by atoms with Crippen LogP contribution in [0, 0.1) is 22.7 Å². The summed E-state index contributed by atoms with van der Waals surface area (Å²) in [5, 5.41) is 17.2. The van der Waals surface area contributed by atoms with E-state index >= 15 is 0 Å². The maximum absolute atomic E-state index is 8.71. The van der Waals surface area contributed by atoms with Gasteiger partial charge in [0.1, 0.15) is 11.5 Å². The number of hydrogen-bond donors (Lipinski definition) is 0. The lowest BCUT2D eigenvalue weighted by molar-refractivity contribution is 0.482. The lowest BCUT2D eigenvalue weighted by Crippen LogP contribution is -1.87. The summed E-state index contributed by atoms with van der Waals surface area (Å²) in [7, 11) is 0. The van der Waals surface area contributed by atoms with Gasteiger partial charge in [0.25, 0.3) is 0 Å². The van der Waals surface area contributed by atoms with Gasteiger partial charge in [0, 0.05) is 6.42 Å². The quantitative estimate of drug-likeness (QED) is 0.826. The molecule has 0 radical (unpaired) electrons. The Kier molecular flexibility index (Phi) is 4.16. The molecule has 0 aliphatic rings. The van der Waals surface area contributed by atoms with Gasteiger partial charge in [0.2, 0.25) is 0 Å². The monoisotopic (exact) mass is 248 g/mol. The van der Waals surface area contributed by atoms with Crippen molar-refractivity contribution in [3.63, 3.8) is 0 Å². The molecule has 0 saturated carbocycles. The van der Waals surface area contributed by atoms with Crippen LogP contribution in [-0.2, 0) is 6.42 Å². The number of nitriles is 2. The van der Waals surface area contributed by atoms with Crippen LogP contribution in [0.25, 0.3) is 0 Å². The molecule has 3 heteroatoms. The molecule has 0 aliphatic heterocycles. The molecule has 2 aromatic carbocycles. The van der Waals surface area contributed by atoms with Crippen molar-refractivity contribution >= 4 is 0 Å². The number of nitrogens with zero attached hydrogens (tertiary/aromatic N) is 2. The lowest BCUT2D eigenvalue weighted by Gasteiger charge is -2.06. The summed E-state index contributed by atoms with van der Waals surface area (Å²) in [6.07, 6.45) is 1.28. The zero-order chi connectivity index (χ0) is 13.5. The molecule has 0 bridgehead atoms. The molecule has 0 aliphatic carbocycles. The molecule has 0 atom stereocenters. The van der Waals surface area contributed by atoms with Crippen molar-refractivity contribution in [2.45, 2.75) is 12.8 Å². The summed E-state index contributed by atoms with van der Waals surface area (Å²) in [5.41, 5.74) is 1.73. The maximum atomic E-state index is 8.71. The topological polar surface area (TPSA) is 56.8 Å². The van der Waals surface area contributed by atoms with E-state index in [2.05, 4.69) is 12.1 Å². The SMILES string of the molecule is N#CCCc1ccc(Oc2ccc(C#N)cc2)cc1. The van der Waals surface area contributed by atoms with Crippen molar-refractivity contribution in [2.24, 2.45) is 0 Å². The average molecular weight is 248 g/mol. The molecular formula is C16H12N2O. The van der Waals surface area contributed by atoms with Crippen molar-refractivity contribution in [2.75, 3.05) is 0 Å². The Labute approximate surface area is 112 Å². The zero-order valence-electron chi connectivity index (χ0n) is 10.3. The molecule has 0 unspecified atom stereocenters. The van der Waals surface area contributed by atoms with Crippen LogP contribution in [0.3, 0.4) is 0 Å². The summed E-state index contributed by atoms with van der Waals surface area (Å²) >= 11 is 0. The Morgan fingerprint density at radius 3 is 1.95 bits per heavy atom. The molecule has 0 aromatic heterocycles. The summed E-state index contributed by atoms with van der Waals surface area (Å²) < 4.78 is 5.66. The molecule has 0 amide bonds. The van der Waals surface area contributed by atoms with Gasteiger partial charge in [-0.3, -0.25) is 0 Å². The third-order valence-corrected chi connectivity index (χ3v) is 2.67. The fourth-order valence-corrected chi connectivity index (χ4v) is 1.66. The smallest absolute Gasteiger partial charge is 0.127 e. The molecular weight excluding hydrogens is 236 g/mol. The second kappa shape index (κ2) is 6.23. The highest BCUT2D eigenvalue weighted by atomic mass is 16.5. The molecule has 92 valence electrons. The minimum Gasteiger partial charge on any atom is -0.457 e. The predicted molar refractivity (Wildman–Crippen MR) is 71.6 cm³/mol. The fourth-order valence-electron chi connectivity index (χ4n) is 1.66. The highest BCUT2D eigenvalue weighted by Gasteiger charge is 1.98. The predicted octanol–water partition coefficient (Wildman–Crippen LogP) is 3.81. The molecule has 0 fully saturated rings. The Bertz CT molecular complexity index is 616. The van der Waals surface area contributed by atoms with E-state index in [0.29, 0.717) is 17.7 Å². The molecule has 3 nitrogen and oxygen atoms in total. The number of ether oxygens (including phenoxy) is 1. The van der Waals surface area contributed by atoms with E-state index < -0.39 is 0 Å². The van der Waals surface area contributed by atoms with Crippen molar-refractivity contribution in [3.05, 3.63) is 59.7 Å². The Balaban J connectivity index is 2.02. The van der Waals surface area contributed by atoms with Crippen LogP contribution in [0.1, 0.15) is 17.5 Å². The molecule has 2 aromatic rings. The van der Waals surface area contributed by atoms with Gasteiger partial charge in [-0.05, 0) is 48.4 Å². The van der Waals surface area contributed by atoms with Crippen molar-refractivity contribution in [1.82, 2.24) is 0 Å². The second-order valence-electron chi connectivity index (χ2n) is 4.04. The van der Waals surface area contributed by atoms with Crippen molar-refractivity contribution in [1.29, 1.82) is 10.5 Å². The standard InChI is InChI=1S/C16H12N2O/c17-11-1-2-13-3-7-15(8-4-13)19-16-9-5-14(12-18)6-10-16/h3-10H,1-2H2. The molecule has 0 saturated heterocycles. The van der Waals surface area contributed by atoms with Crippen LogP contribution in [0.4, 0.5) is 0 Å². The summed E-state index contributed by atoms with van der Waals surface area (Å²) in [6, 6.07) is 18.8. The van der Waals surface area contributed by atoms with E-state index in [0.717, 1.165) is 17.7 Å². The Morgan fingerprint density at radius 1 is 0.842 bits per heavy atom. The van der Waals surface area contributed by atoms with Crippen LogP contribution >= 0.6 is 0 Å². The van der Waals surface area contributed by atoms with Crippen LogP contribution in [0.15, 0.2) is 48.5 Å². The van der Waals surface area contributed by atoms with Gasteiger partial charge in [-0.2, -0.15) is 10.5 Å². The number of benzene rings is 2. The first-order valence-corrected chi connectivity index (χ1v) is 5.96. The highest BCUT2D eigenvalue weighted by molar-refractivity contribution is 5.37. The first kappa shape index (κ1) is 12.7. The average Bonchev–Trinajstić information content (AvgIpc) is 2.47. The van der Waals surface area contributed by atoms with Gasteiger partial charge in [-0.15, -0.1) is 0 Å². The minimum atomic E-state index is 0.524. The molecule has 0 heterocycles. The molecule has 0 N–H and O–H groups in total. The van der Waals surface area contributed by atoms with Gasteiger partial charge in [0.15, 0.2) is 0 Å². The Morgan fingerprint density at radius 2 is 1.42 bits per heavy atom. The van der Waals surface area contributed by atoms with Crippen LogP contribution in [0.5, 0.6) is 11.5 Å². The third kappa shape index (κ3) is 3.59. The van der Waals surface area contributed by atoms with Gasteiger partial charge in [0.05, 0.1) is 17.7 Å². The summed E-state index contributed by atoms with van der Waals surface area (Å²) in [5.74, 6) is 1.44. The lowest BCUT2D eigenvalue weighted by atomic mass is 10.1. The van der Waals surface area contributed by atoms with Crippen LogP contribution in [0.2, 0.25) is 0 Å². The normalized spacial score (nSPS) is 9.37. The van der Waals surface area contributed by atoms with Crippen LogP contribution < -0.4 is 4.74 Å². The summed E-state index contributed by atoms with van der Waals surface area (Å²) in [6.45, 7) is 0. The van der Waals surface area contributed by atoms with Crippen LogP contribution in [-0.4, -0.2) is 0 Å². The van der Waals surface area contributed by atoms with E-state index in [4.69, 9.17) is 15.3 Å². The van der Waals surface area contributed by atoms with Crippen molar-refractivity contribution < 1.29 is 4.74 Å². The summed E-state index contributed by atoms with van der Waals surface area (Å²) in [4.78, 5) is 0. The van der Waals surface area contributed by atoms with Crippen molar-refractivity contribution in [3.8, 4) is 23.6 Å². The first-order valence-electron chi connectivity index (χ1n) is 5.96. The van der Waals surface area contributed by atoms with E-state index in [9.17, 15) is 0 Å². The van der Waals surface area contributed by atoms with Gasteiger partial charge in [-0.1, -0.05) is 12.1 Å². The number of aryl methyl sites for hydroxylation is 1. The number of hydrogen-bond acceptors (Lipinski definition) is 3. The van der Waals surface area contributed by atoms with E-state index in [1.165, 1.54) is 0 Å². The highest BCUT2D eigenvalue weighted by Crippen LogP contribution is 2.22. The van der Waals surface area contributed by atoms with E-state index in [-0.39, 0.29) is 0 Å².